The number of para-hydroxylation sites is 1. The second kappa shape index (κ2) is 7.18. The Morgan fingerprint density at radius 3 is 2.50 bits per heavy atom. The van der Waals surface area contributed by atoms with Crippen LogP contribution in [0.3, 0.4) is 0 Å². The highest BCUT2D eigenvalue weighted by molar-refractivity contribution is 9.10. The summed E-state index contributed by atoms with van der Waals surface area (Å²) in [5, 5.41) is 6.38. The molecule has 6 nitrogen and oxygen atoms in total. The number of methoxy groups -OCH3 is 1. The van der Waals surface area contributed by atoms with Crippen molar-refractivity contribution in [2.75, 3.05) is 23.5 Å². The molecule has 0 atom stereocenters. The van der Waals surface area contributed by atoms with E-state index in [4.69, 9.17) is 10.5 Å². The highest BCUT2D eigenvalue weighted by Crippen LogP contribution is 2.31. The van der Waals surface area contributed by atoms with Crippen molar-refractivity contribution in [2.45, 2.75) is 0 Å². The van der Waals surface area contributed by atoms with Gasteiger partial charge in [0.15, 0.2) is 11.6 Å². The van der Waals surface area contributed by atoms with Crippen LogP contribution in [0.2, 0.25) is 0 Å². The molecule has 0 aliphatic carbocycles. The Hall–Kier alpha value is -2.80. The Morgan fingerprint density at radius 2 is 1.75 bits per heavy atom. The summed E-state index contributed by atoms with van der Waals surface area (Å²) >= 11 is 3.49. The van der Waals surface area contributed by atoms with Crippen LogP contribution < -0.4 is 21.1 Å². The standard InChI is InChI=1S/C17H16BrN5O/c1-24-12-6-4-5-11(9-12)22-16-15(19)17(21-10-20-16)23-14-8-3-2-7-13(14)18/h2-10H,19H2,1H3,(H2,20,21,22,23). The van der Waals surface area contributed by atoms with Gasteiger partial charge in [-0.2, -0.15) is 0 Å². The van der Waals surface area contributed by atoms with Crippen LogP contribution in [0, 0.1) is 0 Å². The average Bonchev–Trinajstić information content (AvgIpc) is 2.60. The zero-order valence-corrected chi connectivity index (χ0v) is 14.5. The van der Waals surface area contributed by atoms with Gasteiger partial charge in [-0.15, -0.1) is 0 Å². The SMILES string of the molecule is COc1cccc(Nc2ncnc(Nc3ccccc3Br)c2N)c1. The van der Waals surface area contributed by atoms with Crippen molar-refractivity contribution in [3.63, 3.8) is 0 Å². The molecule has 2 aromatic carbocycles. The fourth-order valence-electron chi connectivity index (χ4n) is 2.12. The zero-order chi connectivity index (χ0) is 16.9. The van der Waals surface area contributed by atoms with Crippen LogP contribution in [0.5, 0.6) is 5.75 Å². The third-order valence-corrected chi connectivity index (χ3v) is 4.03. The molecule has 0 saturated carbocycles. The van der Waals surface area contributed by atoms with Gasteiger partial charge in [0.25, 0.3) is 0 Å². The third kappa shape index (κ3) is 3.57. The molecule has 3 aromatic rings. The van der Waals surface area contributed by atoms with E-state index in [0.717, 1.165) is 21.6 Å². The maximum absolute atomic E-state index is 6.20. The molecule has 0 amide bonds. The number of anilines is 5. The molecule has 0 spiro atoms. The van der Waals surface area contributed by atoms with E-state index in [1.165, 1.54) is 6.33 Å². The van der Waals surface area contributed by atoms with E-state index in [1.807, 2.05) is 48.5 Å². The van der Waals surface area contributed by atoms with Gasteiger partial charge in [0, 0.05) is 16.2 Å². The maximum Gasteiger partial charge on any atom is 0.159 e. The van der Waals surface area contributed by atoms with Crippen LogP contribution in [0.4, 0.5) is 28.7 Å². The number of ether oxygens (including phenoxy) is 1. The van der Waals surface area contributed by atoms with Gasteiger partial charge < -0.3 is 21.1 Å². The van der Waals surface area contributed by atoms with Gasteiger partial charge >= 0.3 is 0 Å². The monoisotopic (exact) mass is 385 g/mol. The molecule has 0 aliphatic rings. The fourth-order valence-corrected chi connectivity index (χ4v) is 2.51. The van der Waals surface area contributed by atoms with Crippen LogP contribution in [0.15, 0.2) is 59.3 Å². The first-order chi connectivity index (χ1) is 11.7. The summed E-state index contributed by atoms with van der Waals surface area (Å²) in [4.78, 5) is 8.43. The first kappa shape index (κ1) is 16.1. The molecule has 3 rings (SSSR count). The Labute approximate surface area is 148 Å². The fraction of sp³-hybridized carbons (Fsp3) is 0.0588. The summed E-state index contributed by atoms with van der Waals surface area (Å²) in [6, 6.07) is 15.3. The Bertz CT molecular complexity index is 856. The van der Waals surface area contributed by atoms with E-state index in [1.54, 1.807) is 7.11 Å². The molecule has 1 heterocycles. The van der Waals surface area contributed by atoms with E-state index in [0.29, 0.717) is 17.3 Å². The van der Waals surface area contributed by atoms with Gasteiger partial charge in [0.1, 0.15) is 17.8 Å². The smallest absolute Gasteiger partial charge is 0.159 e. The molecular formula is C17H16BrN5O. The second-order valence-corrected chi connectivity index (χ2v) is 5.80. The third-order valence-electron chi connectivity index (χ3n) is 3.34. The summed E-state index contributed by atoms with van der Waals surface area (Å²) in [5.41, 5.74) is 8.33. The number of benzene rings is 2. The molecule has 0 fully saturated rings. The predicted octanol–water partition coefficient (Wildman–Crippen LogP) is 4.32. The first-order valence-corrected chi connectivity index (χ1v) is 8.00. The van der Waals surface area contributed by atoms with Crippen LogP contribution in [0.1, 0.15) is 0 Å². The number of halogens is 1. The summed E-state index contributed by atoms with van der Waals surface area (Å²) < 4.78 is 6.14. The van der Waals surface area contributed by atoms with Gasteiger partial charge in [-0.25, -0.2) is 9.97 Å². The maximum atomic E-state index is 6.20. The number of nitrogen functional groups attached to an aromatic ring is 1. The normalized spacial score (nSPS) is 10.2. The number of nitrogens with zero attached hydrogens (tertiary/aromatic N) is 2. The van der Waals surface area contributed by atoms with Gasteiger partial charge in [-0.05, 0) is 40.2 Å². The lowest BCUT2D eigenvalue weighted by Crippen LogP contribution is -2.05. The Balaban J connectivity index is 1.86. The van der Waals surface area contributed by atoms with E-state index in [-0.39, 0.29) is 0 Å². The molecule has 7 heteroatoms. The van der Waals surface area contributed by atoms with Gasteiger partial charge in [0.05, 0.1) is 12.8 Å². The summed E-state index contributed by atoms with van der Waals surface area (Å²) in [6.45, 7) is 0. The van der Waals surface area contributed by atoms with Crippen molar-refractivity contribution in [1.82, 2.24) is 9.97 Å². The summed E-state index contributed by atoms with van der Waals surface area (Å²) in [5.74, 6) is 1.80. The van der Waals surface area contributed by atoms with Gasteiger partial charge in [-0.1, -0.05) is 18.2 Å². The van der Waals surface area contributed by atoms with Crippen molar-refractivity contribution in [3.05, 3.63) is 59.3 Å². The highest BCUT2D eigenvalue weighted by Gasteiger charge is 2.10. The number of nitrogens with two attached hydrogens (primary N) is 1. The zero-order valence-electron chi connectivity index (χ0n) is 13.0. The van der Waals surface area contributed by atoms with Crippen molar-refractivity contribution >= 4 is 44.6 Å². The van der Waals surface area contributed by atoms with Crippen molar-refractivity contribution in [1.29, 1.82) is 0 Å². The molecular weight excluding hydrogens is 370 g/mol. The number of hydrogen-bond acceptors (Lipinski definition) is 6. The van der Waals surface area contributed by atoms with Crippen LogP contribution in [-0.2, 0) is 0 Å². The quantitative estimate of drug-likeness (QED) is 0.606. The van der Waals surface area contributed by atoms with Gasteiger partial charge in [-0.3, -0.25) is 0 Å². The molecule has 122 valence electrons. The minimum absolute atomic E-state index is 0.427. The van der Waals surface area contributed by atoms with Gasteiger partial charge in [0.2, 0.25) is 0 Å². The minimum atomic E-state index is 0.427. The predicted molar refractivity (Wildman–Crippen MR) is 100 cm³/mol. The first-order valence-electron chi connectivity index (χ1n) is 7.20. The molecule has 4 N–H and O–H groups in total. The Morgan fingerprint density at radius 1 is 1.00 bits per heavy atom. The Kier molecular flexibility index (Phi) is 4.81. The molecule has 0 aliphatic heterocycles. The van der Waals surface area contributed by atoms with E-state index >= 15 is 0 Å². The lowest BCUT2D eigenvalue weighted by atomic mass is 10.3. The number of aromatic nitrogens is 2. The second-order valence-electron chi connectivity index (χ2n) is 4.95. The van der Waals surface area contributed by atoms with E-state index in [9.17, 15) is 0 Å². The topological polar surface area (TPSA) is 85.1 Å². The van der Waals surface area contributed by atoms with E-state index < -0.39 is 0 Å². The largest absolute Gasteiger partial charge is 0.497 e. The molecule has 1 aromatic heterocycles. The highest BCUT2D eigenvalue weighted by atomic mass is 79.9. The molecule has 0 saturated heterocycles. The average molecular weight is 386 g/mol. The van der Waals surface area contributed by atoms with Crippen LogP contribution in [0.25, 0.3) is 0 Å². The van der Waals surface area contributed by atoms with Crippen molar-refractivity contribution in [3.8, 4) is 5.75 Å². The van der Waals surface area contributed by atoms with Crippen molar-refractivity contribution in [2.24, 2.45) is 0 Å². The molecule has 0 unspecified atom stereocenters. The number of rotatable bonds is 5. The van der Waals surface area contributed by atoms with Crippen LogP contribution in [-0.4, -0.2) is 17.1 Å². The van der Waals surface area contributed by atoms with Crippen LogP contribution >= 0.6 is 15.9 Å². The summed E-state index contributed by atoms with van der Waals surface area (Å²) in [7, 11) is 1.62. The van der Waals surface area contributed by atoms with Crippen molar-refractivity contribution < 1.29 is 4.74 Å². The lowest BCUT2D eigenvalue weighted by Gasteiger charge is -2.13. The number of nitrogens with one attached hydrogen (secondary N) is 2. The van der Waals surface area contributed by atoms with E-state index in [2.05, 4.69) is 36.5 Å². The number of hydrogen-bond donors (Lipinski definition) is 3. The molecule has 0 radical (unpaired) electrons. The molecule has 24 heavy (non-hydrogen) atoms. The summed E-state index contributed by atoms with van der Waals surface area (Å²) in [6.07, 6.45) is 1.46. The minimum Gasteiger partial charge on any atom is -0.497 e. The molecule has 0 bridgehead atoms. The lowest BCUT2D eigenvalue weighted by molar-refractivity contribution is 0.415.